The maximum Gasteiger partial charge on any atom is 0.316 e. The number of benzene rings is 1. The van der Waals surface area contributed by atoms with Crippen molar-refractivity contribution in [2.75, 3.05) is 17.3 Å². The van der Waals surface area contributed by atoms with Crippen LogP contribution in [0.25, 0.3) is 0 Å². The third-order valence-electron chi connectivity index (χ3n) is 2.29. The van der Waals surface area contributed by atoms with Gasteiger partial charge in [-0.1, -0.05) is 6.07 Å². The van der Waals surface area contributed by atoms with Gasteiger partial charge in [0.15, 0.2) is 0 Å². The van der Waals surface area contributed by atoms with Crippen molar-refractivity contribution in [2.45, 2.75) is 12.8 Å². The number of rotatable bonds is 7. The number of nitro benzene ring substituents is 1. The Morgan fingerprint density at radius 3 is 2.61 bits per heavy atom. The van der Waals surface area contributed by atoms with Gasteiger partial charge in [-0.2, -0.15) is 0 Å². The van der Waals surface area contributed by atoms with Gasteiger partial charge in [-0.3, -0.25) is 20.8 Å². The van der Waals surface area contributed by atoms with Gasteiger partial charge in [0.1, 0.15) is 11.4 Å². The van der Waals surface area contributed by atoms with E-state index in [9.17, 15) is 14.9 Å². The lowest BCUT2D eigenvalue weighted by Crippen LogP contribution is -2.14. The fourth-order valence-electron chi connectivity index (χ4n) is 1.49. The van der Waals surface area contributed by atoms with E-state index in [4.69, 9.17) is 11.6 Å². The summed E-state index contributed by atoms with van der Waals surface area (Å²) in [4.78, 5) is 21.0. The number of anilines is 2. The molecule has 0 saturated heterocycles. The molecule has 8 heteroatoms. The molecule has 0 aliphatic heterocycles. The van der Waals surface area contributed by atoms with Gasteiger partial charge in [-0.25, -0.2) is 0 Å². The number of nitro groups is 1. The van der Waals surface area contributed by atoms with Gasteiger partial charge in [0.25, 0.3) is 0 Å². The average Bonchev–Trinajstić information content (AvgIpc) is 2.33. The Balaban J connectivity index is 2.75. The van der Waals surface area contributed by atoms with Crippen LogP contribution in [0.1, 0.15) is 12.8 Å². The molecule has 1 aromatic carbocycles. The number of nitrogens with zero attached hydrogens (tertiary/aromatic N) is 1. The Bertz CT molecular complexity index is 449. The van der Waals surface area contributed by atoms with Crippen LogP contribution in [-0.4, -0.2) is 17.4 Å². The number of nitrogens with one attached hydrogen (secondary N) is 2. The summed E-state index contributed by atoms with van der Waals surface area (Å²) in [7, 11) is 0. The quantitative estimate of drug-likeness (QED) is 0.242. The predicted molar refractivity (Wildman–Crippen MR) is 67.8 cm³/mol. The average molecular weight is 253 g/mol. The molecule has 0 heterocycles. The summed E-state index contributed by atoms with van der Waals surface area (Å²) in [6, 6.07) is 4.72. The number of nitrogens with two attached hydrogens (primary N) is 2. The number of amides is 1. The number of carbonyl (C=O) groups excluding carboxylic acids is 1. The molecule has 98 valence electrons. The first-order valence-electron chi connectivity index (χ1n) is 5.32. The summed E-state index contributed by atoms with van der Waals surface area (Å²) in [6.45, 7) is 0.414. The van der Waals surface area contributed by atoms with E-state index in [2.05, 4.69) is 10.7 Å². The van der Waals surface area contributed by atoms with E-state index in [0.717, 1.165) is 0 Å². The molecule has 0 saturated carbocycles. The first kappa shape index (κ1) is 13.7. The van der Waals surface area contributed by atoms with Crippen molar-refractivity contribution in [1.82, 2.24) is 0 Å². The first-order chi connectivity index (χ1) is 8.56. The fourth-order valence-corrected chi connectivity index (χ4v) is 1.49. The third-order valence-corrected chi connectivity index (χ3v) is 2.29. The number of hydrazine groups is 1. The van der Waals surface area contributed by atoms with Gasteiger partial charge in [0, 0.05) is 13.0 Å². The van der Waals surface area contributed by atoms with Crippen LogP contribution in [0.3, 0.4) is 0 Å². The van der Waals surface area contributed by atoms with Crippen molar-refractivity contribution in [3.8, 4) is 0 Å². The number of primary amides is 1. The highest BCUT2D eigenvalue weighted by molar-refractivity contribution is 5.76. The van der Waals surface area contributed by atoms with Crippen molar-refractivity contribution in [3.05, 3.63) is 28.3 Å². The summed E-state index contributed by atoms with van der Waals surface area (Å²) in [5.41, 5.74) is 7.71. The number of carbonyl (C=O) groups is 1. The fraction of sp³-hybridized carbons (Fsp3) is 0.300. The third kappa shape index (κ3) is 3.59. The van der Waals surface area contributed by atoms with Gasteiger partial charge < -0.3 is 16.5 Å². The second-order valence-electron chi connectivity index (χ2n) is 3.60. The molecule has 18 heavy (non-hydrogen) atoms. The highest BCUT2D eigenvalue weighted by Crippen LogP contribution is 2.31. The van der Waals surface area contributed by atoms with Crippen LogP contribution in [0.15, 0.2) is 18.2 Å². The van der Waals surface area contributed by atoms with E-state index >= 15 is 0 Å². The standard InChI is InChI=1S/C10H15N5O3/c11-9(16)5-2-6-13-7-3-1-4-8(14-12)10(7)15(17)18/h1,3-4,13-14H,2,5-6,12H2,(H2,11,16). The molecule has 0 fully saturated rings. The minimum atomic E-state index is -0.522. The lowest BCUT2D eigenvalue weighted by Gasteiger charge is -2.09. The second kappa shape index (κ2) is 6.40. The molecule has 0 radical (unpaired) electrons. The molecule has 8 nitrogen and oxygen atoms in total. The van der Waals surface area contributed by atoms with E-state index in [1.807, 2.05) is 0 Å². The maximum absolute atomic E-state index is 10.9. The van der Waals surface area contributed by atoms with E-state index in [1.54, 1.807) is 12.1 Å². The van der Waals surface area contributed by atoms with Crippen LogP contribution in [0.2, 0.25) is 0 Å². The molecule has 1 aromatic rings. The van der Waals surface area contributed by atoms with Crippen LogP contribution in [0, 0.1) is 10.1 Å². The van der Waals surface area contributed by atoms with Crippen LogP contribution in [0.4, 0.5) is 17.1 Å². The van der Waals surface area contributed by atoms with Crippen LogP contribution >= 0.6 is 0 Å². The van der Waals surface area contributed by atoms with Crippen molar-refractivity contribution in [3.63, 3.8) is 0 Å². The largest absolute Gasteiger partial charge is 0.379 e. The SMILES string of the molecule is NNc1cccc(NCCCC(N)=O)c1[N+](=O)[O-]. The summed E-state index contributed by atoms with van der Waals surface area (Å²) in [6.07, 6.45) is 0.738. The molecule has 0 aliphatic rings. The highest BCUT2D eigenvalue weighted by Gasteiger charge is 2.18. The molecule has 6 N–H and O–H groups in total. The van der Waals surface area contributed by atoms with Gasteiger partial charge in [0.2, 0.25) is 5.91 Å². The molecule has 0 bridgehead atoms. The molecule has 1 amide bonds. The zero-order valence-electron chi connectivity index (χ0n) is 9.68. The number of para-hydroxylation sites is 1. The Kier molecular flexibility index (Phi) is 4.88. The summed E-state index contributed by atoms with van der Waals surface area (Å²) < 4.78 is 0. The number of nitrogen functional groups attached to an aromatic ring is 1. The summed E-state index contributed by atoms with van der Waals surface area (Å²) in [5.74, 6) is 4.81. The summed E-state index contributed by atoms with van der Waals surface area (Å²) >= 11 is 0. The van der Waals surface area contributed by atoms with Crippen molar-refractivity contribution in [2.24, 2.45) is 11.6 Å². The zero-order valence-corrected chi connectivity index (χ0v) is 9.68. The second-order valence-corrected chi connectivity index (χ2v) is 3.60. The van der Waals surface area contributed by atoms with Gasteiger partial charge in [-0.05, 0) is 18.6 Å². The normalized spacial score (nSPS) is 9.83. The maximum atomic E-state index is 10.9. The van der Waals surface area contributed by atoms with Gasteiger partial charge in [-0.15, -0.1) is 0 Å². The smallest absolute Gasteiger partial charge is 0.316 e. The Morgan fingerprint density at radius 1 is 1.39 bits per heavy atom. The molecule has 0 aliphatic carbocycles. The van der Waals surface area contributed by atoms with Gasteiger partial charge in [0.05, 0.1) is 4.92 Å². The lowest BCUT2D eigenvalue weighted by molar-refractivity contribution is -0.383. The van der Waals surface area contributed by atoms with E-state index < -0.39 is 10.8 Å². The van der Waals surface area contributed by atoms with Crippen molar-refractivity contribution in [1.29, 1.82) is 0 Å². The summed E-state index contributed by atoms with van der Waals surface area (Å²) in [5, 5.41) is 13.8. The number of hydrogen-bond donors (Lipinski definition) is 4. The first-order valence-corrected chi connectivity index (χ1v) is 5.32. The van der Waals surface area contributed by atoms with Crippen LogP contribution in [0.5, 0.6) is 0 Å². The molecular weight excluding hydrogens is 238 g/mol. The predicted octanol–water partition coefficient (Wildman–Crippen LogP) is 0.558. The van der Waals surface area contributed by atoms with E-state index in [1.165, 1.54) is 6.07 Å². The lowest BCUT2D eigenvalue weighted by atomic mass is 10.2. The van der Waals surface area contributed by atoms with Crippen molar-refractivity contribution >= 4 is 23.0 Å². The Labute approximate surface area is 103 Å². The van der Waals surface area contributed by atoms with E-state index in [-0.39, 0.29) is 17.8 Å². The van der Waals surface area contributed by atoms with Crippen LogP contribution in [-0.2, 0) is 4.79 Å². The molecular formula is C10H15N5O3. The van der Waals surface area contributed by atoms with Crippen LogP contribution < -0.4 is 22.3 Å². The topological polar surface area (TPSA) is 136 Å². The molecule has 0 aromatic heterocycles. The minimum absolute atomic E-state index is 0.126. The Hall–Kier alpha value is -2.35. The zero-order chi connectivity index (χ0) is 13.5. The molecule has 0 atom stereocenters. The molecule has 1 rings (SSSR count). The number of hydrogen-bond acceptors (Lipinski definition) is 6. The van der Waals surface area contributed by atoms with Crippen molar-refractivity contribution < 1.29 is 9.72 Å². The monoisotopic (exact) mass is 253 g/mol. The molecule has 0 spiro atoms. The highest BCUT2D eigenvalue weighted by atomic mass is 16.6. The minimum Gasteiger partial charge on any atom is -0.379 e. The van der Waals surface area contributed by atoms with Gasteiger partial charge >= 0.3 is 5.69 Å². The molecule has 0 unspecified atom stereocenters. The Morgan fingerprint density at radius 2 is 2.06 bits per heavy atom. The van der Waals surface area contributed by atoms with E-state index in [0.29, 0.717) is 18.7 Å².